The van der Waals surface area contributed by atoms with Crippen molar-refractivity contribution in [3.05, 3.63) is 28.8 Å². The minimum absolute atomic E-state index is 0.104. The lowest BCUT2D eigenvalue weighted by atomic mass is 9.79. The third-order valence-corrected chi connectivity index (χ3v) is 3.87. The van der Waals surface area contributed by atoms with Crippen molar-refractivity contribution < 1.29 is 15.0 Å². The first-order valence-electron chi connectivity index (χ1n) is 6.88. The molecule has 3 nitrogen and oxygen atoms in total. The molecule has 0 saturated carbocycles. The molecule has 0 bridgehead atoms. The van der Waals surface area contributed by atoms with E-state index in [1.54, 1.807) is 0 Å². The van der Waals surface area contributed by atoms with Gasteiger partial charge in [-0.25, -0.2) is 0 Å². The van der Waals surface area contributed by atoms with Gasteiger partial charge in [0, 0.05) is 12.0 Å². The minimum Gasteiger partial charge on any atom is -0.507 e. The Labute approximate surface area is 115 Å². The summed E-state index contributed by atoms with van der Waals surface area (Å²) in [6.07, 6.45) is 2.31. The monoisotopic (exact) mass is 264 g/mol. The quantitative estimate of drug-likeness (QED) is 0.824. The zero-order chi connectivity index (χ0) is 14.6. The third-order valence-electron chi connectivity index (χ3n) is 3.87. The number of carboxylic acids is 1. The molecule has 0 heterocycles. The Morgan fingerprint density at radius 3 is 2.37 bits per heavy atom. The molecule has 0 aliphatic heterocycles. The highest BCUT2D eigenvalue weighted by molar-refractivity contribution is 5.67. The Hall–Kier alpha value is -1.51. The molecule has 1 aromatic carbocycles. The first-order valence-corrected chi connectivity index (χ1v) is 6.88. The predicted octanol–water partition coefficient (Wildman–Crippen LogP) is 3.66. The van der Waals surface area contributed by atoms with Crippen LogP contribution in [0.1, 0.15) is 57.2 Å². The molecule has 0 radical (unpaired) electrons. The fourth-order valence-electron chi connectivity index (χ4n) is 2.13. The Morgan fingerprint density at radius 1 is 1.26 bits per heavy atom. The van der Waals surface area contributed by atoms with Crippen LogP contribution < -0.4 is 0 Å². The molecule has 0 aliphatic carbocycles. The van der Waals surface area contributed by atoms with E-state index in [0.717, 1.165) is 29.5 Å². The summed E-state index contributed by atoms with van der Waals surface area (Å²) in [5, 5.41) is 19.1. The molecule has 3 heteroatoms. The first-order chi connectivity index (χ1) is 8.81. The maximum absolute atomic E-state index is 10.7. The number of carbonyl (C=O) groups is 1. The van der Waals surface area contributed by atoms with E-state index < -0.39 is 5.97 Å². The lowest BCUT2D eigenvalue weighted by Gasteiger charge is -2.26. The van der Waals surface area contributed by atoms with Gasteiger partial charge in [0.25, 0.3) is 0 Å². The van der Waals surface area contributed by atoms with Crippen molar-refractivity contribution in [1.82, 2.24) is 0 Å². The SMILES string of the molecule is CCc1cc(CCC(=O)O)cc(C(C)(C)CC)c1O. The van der Waals surface area contributed by atoms with Gasteiger partial charge < -0.3 is 10.2 Å². The summed E-state index contributed by atoms with van der Waals surface area (Å²) in [4.78, 5) is 10.7. The van der Waals surface area contributed by atoms with Gasteiger partial charge in [0.05, 0.1) is 0 Å². The molecule has 0 aromatic heterocycles. The highest BCUT2D eigenvalue weighted by Gasteiger charge is 2.24. The lowest BCUT2D eigenvalue weighted by Crippen LogP contribution is -2.17. The van der Waals surface area contributed by atoms with Crippen LogP contribution in [0.2, 0.25) is 0 Å². The fourth-order valence-corrected chi connectivity index (χ4v) is 2.13. The van der Waals surface area contributed by atoms with Crippen LogP contribution in [0.15, 0.2) is 12.1 Å². The number of aromatic hydroxyl groups is 1. The zero-order valence-corrected chi connectivity index (χ0v) is 12.3. The molecular weight excluding hydrogens is 240 g/mol. The summed E-state index contributed by atoms with van der Waals surface area (Å²) in [5.41, 5.74) is 2.72. The molecule has 0 saturated heterocycles. The number of phenolic OH excluding ortho intramolecular Hbond substituents is 1. The van der Waals surface area contributed by atoms with E-state index in [4.69, 9.17) is 5.11 Å². The van der Waals surface area contributed by atoms with Crippen molar-refractivity contribution >= 4 is 5.97 Å². The summed E-state index contributed by atoms with van der Waals surface area (Å²) < 4.78 is 0. The summed E-state index contributed by atoms with van der Waals surface area (Å²) in [7, 11) is 0. The van der Waals surface area contributed by atoms with Crippen molar-refractivity contribution in [2.45, 2.75) is 58.8 Å². The molecule has 0 unspecified atom stereocenters. The summed E-state index contributed by atoms with van der Waals surface area (Å²) in [6.45, 7) is 8.29. The van der Waals surface area contributed by atoms with Gasteiger partial charge in [-0.1, -0.05) is 39.8 Å². The topological polar surface area (TPSA) is 57.5 Å². The van der Waals surface area contributed by atoms with E-state index in [0.29, 0.717) is 12.2 Å². The van der Waals surface area contributed by atoms with E-state index in [1.165, 1.54) is 0 Å². The van der Waals surface area contributed by atoms with Crippen LogP contribution >= 0.6 is 0 Å². The molecule has 0 aliphatic rings. The summed E-state index contributed by atoms with van der Waals surface area (Å²) >= 11 is 0. The minimum atomic E-state index is -0.789. The van der Waals surface area contributed by atoms with Gasteiger partial charge in [-0.05, 0) is 35.8 Å². The standard InChI is InChI=1S/C16H24O3/c1-5-12-9-11(7-8-14(17)18)10-13(15(12)19)16(3,4)6-2/h9-10,19H,5-8H2,1-4H3,(H,17,18). The number of hydrogen-bond acceptors (Lipinski definition) is 2. The predicted molar refractivity (Wildman–Crippen MR) is 76.8 cm³/mol. The van der Waals surface area contributed by atoms with Crippen LogP contribution in [0.4, 0.5) is 0 Å². The molecule has 106 valence electrons. The van der Waals surface area contributed by atoms with Gasteiger partial charge >= 0.3 is 5.97 Å². The van der Waals surface area contributed by atoms with Crippen LogP contribution in [-0.4, -0.2) is 16.2 Å². The molecule has 0 atom stereocenters. The highest BCUT2D eigenvalue weighted by Crippen LogP contribution is 2.37. The van der Waals surface area contributed by atoms with Gasteiger partial charge in [0.15, 0.2) is 0 Å². The van der Waals surface area contributed by atoms with Crippen molar-refractivity contribution in [3.8, 4) is 5.75 Å². The molecule has 0 fully saturated rings. The maximum atomic E-state index is 10.7. The van der Waals surface area contributed by atoms with Crippen molar-refractivity contribution in [3.63, 3.8) is 0 Å². The number of aryl methyl sites for hydroxylation is 2. The zero-order valence-electron chi connectivity index (χ0n) is 12.3. The normalized spacial score (nSPS) is 11.6. The van der Waals surface area contributed by atoms with Gasteiger partial charge in [-0.2, -0.15) is 0 Å². The van der Waals surface area contributed by atoms with E-state index in [9.17, 15) is 9.90 Å². The third kappa shape index (κ3) is 3.72. The number of aliphatic carboxylic acids is 1. The van der Waals surface area contributed by atoms with Crippen molar-refractivity contribution in [2.24, 2.45) is 0 Å². The molecular formula is C16H24O3. The molecule has 0 amide bonds. The van der Waals surface area contributed by atoms with E-state index in [2.05, 4.69) is 20.8 Å². The van der Waals surface area contributed by atoms with Crippen LogP contribution in [0, 0.1) is 0 Å². The molecule has 2 N–H and O–H groups in total. The largest absolute Gasteiger partial charge is 0.507 e. The summed E-state index contributed by atoms with van der Waals surface area (Å²) in [6, 6.07) is 3.88. The van der Waals surface area contributed by atoms with Crippen LogP contribution in [-0.2, 0) is 23.1 Å². The Kier molecular flexibility index (Phi) is 4.98. The van der Waals surface area contributed by atoms with E-state index >= 15 is 0 Å². The number of benzene rings is 1. The average Bonchev–Trinajstić information content (AvgIpc) is 2.37. The first kappa shape index (κ1) is 15.5. The van der Waals surface area contributed by atoms with Gasteiger partial charge in [-0.15, -0.1) is 0 Å². The number of rotatable bonds is 6. The van der Waals surface area contributed by atoms with Crippen LogP contribution in [0.5, 0.6) is 5.75 Å². The second-order valence-corrected chi connectivity index (χ2v) is 5.64. The molecule has 1 aromatic rings. The van der Waals surface area contributed by atoms with Crippen molar-refractivity contribution in [2.75, 3.05) is 0 Å². The second-order valence-electron chi connectivity index (χ2n) is 5.64. The molecule has 19 heavy (non-hydrogen) atoms. The number of hydrogen-bond donors (Lipinski definition) is 2. The van der Waals surface area contributed by atoms with Crippen LogP contribution in [0.3, 0.4) is 0 Å². The van der Waals surface area contributed by atoms with Gasteiger partial charge in [-0.3, -0.25) is 4.79 Å². The van der Waals surface area contributed by atoms with Crippen molar-refractivity contribution in [1.29, 1.82) is 0 Å². The number of carboxylic acid groups (broad SMARTS) is 1. The fraction of sp³-hybridized carbons (Fsp3) is 0.562. The van der Waals surface area contributed by atoms with Gasteiger partial charge in [0.1, 0.15) is 5.75 Å². The molecule has 1 rings (SSSR count). The average molecular weight is 264 g/mol. The van der Waals surface area contributed by atoms with E-state index in [1.807, 2.05) is 19.1 Å². The Balaban J connectivity index is 3.22. The molecule has 0 spiro atoms. The Bertz CT molecular complexity index is 461. The van der Waals surface area contributed by atoms with Gasteiger partial charge in [0.2, 0.25) is 0 Å². The lowest BCUT2D eigenvalue weighted by molar-refractivity contribution is -0.136. The van der Waals surface area contributed by atoms with E-state index in [-0.39, 0.29) is 11.8 Å². The van der Waals surface area contributed by atoms with Crippen LogP contribution in [0.25, 0.3) is 0 Å². The highest BCUT2D eigenvalue weighted by atomic mass is 16.4. The smallest absolute Gasteiger partial charge is 0.303 e. The Morgan fingerprint density at radius 2 is 1.89 bits per heavy atom. The number of phenols is 1. The summed E-state index contributed by atoms with van der Waals surface area (Å²) in [5.74, 6) is -0.421. The second kappa shape index (κ2) is 6.09. The maximum Gasteiger partial charge on any atom is 0.303 e.